The summed E-state index contributed by atoms with van der Waals surface area (Å²) in [7, 11) is 0. The fraction of sp³-hybridized carbons (Fsp3) is 0.250. The van der Waals surface area contributed by atoms with Gasteiger partial charge in [0.15, 0.2) is 0 Å². The van der Waals surface area contributed by atoms with Crippen molar-refractivity contribution in [3.8, 4) is 16.9 Å². The summed E-state index contributed by atoms with van der Waals surface area (Å²) in [6.07, 6.45) is 2.59. The number of allylic oxidation sites excluding steroid dienone is 1. The Morgan fingerprint density at radius 2 is 1.66 bits per heavy atom. The molecule has 0 aromatic heterocycles. The van der Waals surface area contributed by atoms with Crippen molar-refractivity contribution in [3.63, 3.8) is 0 Å². The van der Waals surface area contributed by atoms with E-state index in [-0.39, 0.29) is 5.91 Å². The molecule has 1 amide bonds. The third-order valence-corrected chi connectivity index (χ3v) is 6.44. The lowest BCUT2D eigenvalue weighted by Crippen LogP contribution is -2.26. The van der Waals surface area contributed by atoms with Gasteiger partial charge < -0.3 is 10.1 Å². The second-order valence-corrected chi connectivity index (χ2v) is 8.61. The molecular weight excluding hydrogens is 396 g/mol. The van der Waals surface area contributed by atoms with Crippen LogP contribution in [0.3, 0.4) is 0 Å². The number of nitrogens with zero attached hydrogens (tertiary/aromatic N) is 1. The Morgan fingerprint density at radius 1 is 0.938 bits per heavy atom. The van der Waals surface area contributed by atoms with Gasteiger partial charge in [0.05, 0.1) is 0 Å². The molecule has 4 nitrogen and oxygen atoms in total. The van der Waals surface area contributed by atoms with Gasteiger partial charge in [-0.05, 0) is 79.4 Å². The maximum absolute atomic E-state index is 12.8. The Balaban J connectivity index is 1.28. The number of nitrogens with one attached hydrogen (secondary N) is 1. The zero-order chi connectivity index (χ0) is 21.9. The summed E-state index contributed by atoms with van der Waals surface area (Å²) in [5.74, 6) is 0.715. The van der Waals surface area contributed by atoms with Crippen LogP contribution in [0, 0.1) is 0 Å². The van der Waals surface area contributed by atoms with Crippen molar-refractivity contribution in [1.82, 2.24) is 4.90 Å². The molecule has 32 heavy (non-hydrogen) atoms. The molecule has 0 saturated carbocycles. The molecule has 0 unspecified atom stereocenters. The van der Waals surface area contributed by atoms with E-state index in [1.54, 1.807) is 0 Å². The predicted molar refractivity (Wildman–Crippen MR) is 130 cm³/mol. The van der Waals surface area contributed by atoms with E-state index in [0.29, 0.717) is 12.2 Å². The predicted octanol–water partition coefficient (Wildman–Crippen LogP) is 5.87. The number of fused-ring (bicyclic) bond motifs is 1. The van der Waals surface area contributed by atoms with Gasteiger partial charge in [0, 0.05) is 29.4 Å². The second-order valence-electron chi connectivity index (χ2n) is 8.61. The van der Waals surface area contributed by atoms with Crippen LogP contribution in [0.5, 0.6) is 5.75 Å². The van der Waals surface area contributed by atoms with Gasteiger partial charge in [-0.1, -0.05) is 42.5 Å². The van der Waals surface area contributed by atoms with E-state index in [0.717, 1.165) is 34.7 Å². The highest BCUT2D eigenvalue weighted by molar-refractivity contribution is 6.04. The minimum Gasteiger partial charge on any atom is -0.488 e. The van der Waals surface area contributed by atoms with E-state index in [2.05, 4.69) is 35.3 Å². The number of rotatable bonds is 5. The van der Waals surface area contributed by atoms with Crippen molar-refractivity contribution in [2.75, 3.05) is 31.6 Å². The number of anilines is 1. The first kappa shape index (κ1) is 20.5. The molecule has 0 aliphatic carbocycles. The van der Waals surface area contributed by atoms with E-state index in [1.165, 1.54) is 37.1 Å². The summed E-state index contributed by atoms with van der Waals surface area (Å²) >= 11 is 0. The minimum atomic E-state index is -0.123. The molecule has 0 bridgehead atoms. The lowest BCUT2D eigenvalue weighted by Gasteiger charge is -2.26. The third-order valence-electron chi connectivity index (χ3n) is 6.44. The number of benzene rings is 3. The van der Waals surface area contributed by atoms with Crippen LogP contribution < -0.4 is 10.1 Å². The first-order valence-electron chi connectivity index (χ1n) is 11.3. The van der Waals surface area contributed by atoms with E-state index in [1.807, 2.05) is 54.6 Å². The van der Waals surface area contributed by atoms with Gasteiger partial charge in [0.2, 0.25) is 0 Å². The molecule has 1 N–H and O–H groups in total. The molecule has 5 rings (SSSR count). The average Bonchev–Trinajstić information content (AvgIpc) is 3.35. The van der Waals surface area contributed by atoms with Crippen molar-refractivity contribution in [1.29, 1.82) is 0 Å². The SMILES string of the molecule is CC1=C(CN2CCCC2)COc2cc(NC(=O)c3ccc(-c4ccccc4)cc3)ccc21. The normalized spacial score (nSPS) is 15.9. The van der Waals surface area contributed by atoms with Crippen LogP contribution in [0.15, 0.2) is 78.4 Å². The van der Waals surface area contributed by atoms with Crippen LogP contribution in [-0.4, -0.2) is 37.0 Å². The first-order valence-corrected chi connectivity index (χ1v) is 11.3. The molecule has 2 heterocycles. The molecule has 2 aliphatic heterocycles. The Kier molecular flexibility index (Phi) is 5.78. The Morgan fingerprint density at radius 3 is 2.41 bits per heavy atom. The fourth-order valence-electron chi connectivity index (χ4n) is 4.52. The van der Waals surface area contributed by atoms with Gasteiger partial charge in [-0.25, -0.2) is 0 Å². The highest BCUT2D eigenvalue weighted by Gasteiger charge is 2.21. The number of amides is 1. The molecular formula is C28H28N2O2. The molecule has 0 atom stereocenters. The molecule has 3 aromatic carbocycles. The lowest BCUT2D eigenvalue weighted by molar-refractivity contribution is 0.102. The topological polar surface area (TPSA) is 41.6 Å². The molecule has 162 valence electrons. The summed E-state index contributed by atoms with van der Waals surface area (Å²) in [6, 6.07) is 23.8. The van der Waals surface area contributed by atoms with Gasteiger partial charge >= 0.3 is 0 Å². The van der Waals surface area contributed by atoms with Gasteiger partial charge in [-0.2, -0.15) is 0 Å². The van der Waals surface area contributed by atoms with Crippen LogP contribution in [-0.2, 0) is 0 Å². The number of carbonyl (C=O) groups is 1. The largest absolute Gasteiger partial charge is 0.488 e. The highest BCUT2D eigenvalue weighted by Crippen LogP contribution is 2.35. The molecule has 1 fully saturated rings. The summed E-state index contributed by atoms with van der Waals surface area (Å²) in [5, 5.41) is 3.01. The maximum atomic E-state index is 12.8. The van der Waals surface area contributed by atoms with Gasteiger partial charge in [0.25, 0.3) is 5.91 Å². The lowest BCUT2D eigenvalue weighted by atomic mass is 9.97. The third kappa shape index (κ3) is 4.32. The standard InChI is InChI=1S/C28H28N2O2/c1-20-24(18-30-15-5-6-16-30)19-32-27-17-25(13-14-26(20)27)29-28(31)23-11-9-22(10-12-23)21-7-3-2-4-8-21/h2-4,7-14,17H,5-6,15-16,18-19H2,1H3,(H,29,31). The van der Waals surface area contributed by atoms with Gasteiger partial charge in [0.1, 0.15) is 12.4 Å². The van der Waals surface area contributed by atoms with Crippen LogP contribution in [0.25, 0.3) is 16.7 Å². The van der Waals surface area contributed by atoms with Crippen molar-refractivity contribution in [3.05, 3.63) is 89.5 Å². The monoisotopic (exact) mass is 424 g/mol. The van der Waals surface area contributed by atoms with Gasteiger partial charge in [-0.15, -0.1) is 0 Å². The zero-order valence-corrected chi connectivity index (χ0v) is 18.4. The Bertz CT molecular complexity index is 1140. The second kappa shape index (κ2) is 9.01. The highest BCUT2D eigenvalue weighted by atomic mass is 16.5. The molecule has 4 heteroatoms. The summed E-state index contributed by atoms with van der Waals surface area (Å²) in [5.41, 5.74) is 7.39. The fourth-order valence-corrected chi connectivity index (χ4v) is 4.52. The number of ether oxygens (including phenoxy) is 1. The average molecular weight is 425 g/mol. The molecule has 3 aromatic rings. The number of carbonyl (C=O) groups excluding carboxylic acids is 1. The van der Waals surface area contributed by atoms with Crippen LogP contribution in [0.2, 0.25) is 0 Å². The smallest absolute Gasteiger partial charge is 0.255 e. The van der Waals surface area contributed by atoms with Crippen LogP contribution >= 0.6 is 0 Å². The summed E-state index contributed by atoms with van der Waals surface area (Å²) in [6.45, 7) is 6.15. The van der Waals surface area contributed by atoms with Crippen molar-refractivity contribution in [2.45, 2.75) is 19.8 Å². The number of hydrogen-bond donors (Lipinski definition) is 1. The maximum Gasteiger partial charge on any atom is 0.255 e. The van der Waals surface area contributed by atoms with Crippen LogP contribution in [0.4, 0.5) is 5.69 Å². The van der Waals surface area contributed by atoms with Crippen molar-refractivity contribution in [2.24, 2.45) is 0 Å². The van der Waals surface area contributed by atoms with Gasteiger partial charge in [-0.3, -0.25) is 9.69 Å². The van der Waals surface area contributed by atoms with Crippen molar-refractivity contribution >= 4 is 17.2 Å². The minimum absolute atomic E-state index is 0.123. The quantitative estimate of drug-likeness (QED) is 0.557. The Labute approximate surface area is 189 Å². The van der Waals surface area contributed by atoms with Crippen LogP contribution in [0.1, 0.15) is 35.7 Å². The van der Waals surface area contributed by atoms with E-state index in [9.17, 15) is 4.79 Å². The molecule has 0 radical (unpaired) electrons. The number of likely N-dealkylation sites (tertiary alicyclic amines) is 1. The summed E-state index contributed by atoms with van der Waals surface area (Å²) < 4.78 is 6.07. The first-order chi connectivity index (χ1) is 15.7. The number of hydrogen-bond acceptors (Lipinski definition) is 3. The molecule has 0 spiro atoms. The van der Waals surface area contributed by atoms with E-state index < -0.39 is 0 Å². The molecule has 1 saturated heterocycles. The molecule has 2 aliphatic rings. The Hall–Kier alpha value is -3.37. The zero-order valence-electron chi connectivity index (χ0n) is 18.4. The summed E-state index contributed by atoms with van der Waals surface area (Å²) in [4.78, 5) is 15.3. The van der Waals surface area contributed by atoms with E-state index in [4.69, 9.17) is 4.74 Å². The van der Waals surface area contributed by atoms with E-state index >= 15 is 0 Å². The van der Waals surface area contributed by atoms with Crippen molar-refractivity contribution < 1.29 is 9.53 Å².